The largest absolute Gasteiger partial charge is 0.506 e. The molecule has 0 saturated carbocycles. The highest BCUT2D eigenvalue weighted by molar-refractivity contribution is 9.11. The summed E-state index contributed by atoms with van der Waals surface area (Å²) in [5.41, 5.74) is 3.08. The van der Waals surface area contributed by atoms with Gasteiger partial charge in [0.15, 0.2) is 0 Å². The predicted octanol–water partition coefficient (Wildman–Crippen LogP) is 4.86. The number of ether oxygens (including phenoxy) is 1. The van der Waals surface area contributed by atoms with Gasteiger partial charge in [0, 0.05) is 89.6 Å². The summed E-state index contributed by atoms with van der Waals surface area (Å²) in [6.07, 6.45) is 4.70. The minimum atomic E-state index is -0.286. The molecule has 296 valence electrons. The van der Waals surface area contributed by atoms with Crippen molar-refractivity contribution >= 4 is 61.5 Å². The number of amides is 5. The Labute approximate surface area is 334 Å². The van der Waals surface area contributed by atoms with Gasteiger partial charge in [0.2, 0.25) is 5.91 Å². The molecule has 3 fully saturated rings. The first-order valence-corrected chi connectivity index (χ1v) is 20.3. The van der Waals surface area contributed by atoms with Crippen molar-refractivity contribution in [2.24, 2.45) is 5.92 Å². The van der Waals surface area contributed by atoms with Crippen LogP contribution in [0.1, 0.15) is 43.7 Å². The van der Waals surface area contributed by atoms with Crippen molar-refractivity contribution in [2.75, 3.05) is 84.9 Å². The number of para-hydroxylation sites is 1. The zero-order valence-electron chi connectivity index (χ0n) is 31.4. The summed E-state index contributed by atoms with van der Waals surface area (Å²) in [6.45, 7) is 9.17. The number of benzene rings is 2. The van der Waals surface area contributed by atoms with Gasteiger partial charge in [0.25, 0.3) is 5.91 Å². The maximum Gasteiger partial charge on any atom is 0.409 e. The number of hydrogen-bond donors (Lipinski definition) is 3. The van der Waals surface area contributed by atoms with Crippen LogP contribution in [0.4, 0.5) is 15.3 Å². The standard InChI is InChI=1S/C22H32Br2N4O4.C16H21N3O3/c1-15(11-16-12-18(23)21(30)19(24)13-16)22(31)28-5-3-17(4-6-28)27-9-7-26(8-10-27)14-20(29)25(2)32;1-22-16(21)18-9-7-13(8-10-18)19-11-6-12-4-2-3-5-14(12)17-15(19)20/h12-13,15,17,30,32H,3-11,14H2,1-2H3;2-5,13H,6-11H2,1H3,(H,17,20)/t15-;/m1./s1. The number of aromatic hydroxyl groups is 1. The van der Waals surface area contributed by atoms with Crippen molar-refractivity contribution < 1.29 is 34.2 Å². The molecule has 4 aliphatic heterocycles. The number of likely N-dealkylation sites (tertiary alicyclic amines) is 2. The number of piperidine rings is 2. The normalized spacial score (nSPS) is 19.5. The fourth-order valence-electron chi connectivity index (χ4n) is 7.75. The summed E-state index contributed by atoms with van der Waals surface area (Å²) in [5.74, 6) is -0.0600. The van der Waals surface area contributed by atoms with E-state index >= 15 is 0 Å². The van der Waals surface area contributed by atoms with Gasteiger partial charge >= 0.3 is 12.1 Å². The summed E-state index contributed by atoms with van der Waals surface area (Å²) >= 11 is 6.71. The highest BCUT2D eigenvalue weighted by Crippen LogP contribution is 2.34. The molecule has 3 saturated heterocycles. The molecule has 6 rings (SSSR count). The molecular weight excluding hydrogens is 826 g/mol. The molecular formula is C38H53Br2N7O7. The number of halogens is 2. The topological polar surface area (TPSA) is 149 Å². The van der Waals surface area contributed by atoms with Crippen LogP contribution in [0, 0.1) is 5.92 Å². The van der Waals surface area contributed by atoms with Gasteiger partial charge in [0.1, 0.15) is 5.75 Å². The second-order valence-electron chi connectivity index (χ2n) is 14.5. The molecule has 1 atom stereocenters. The van der Waals surface area contributed by atoms with E-state index in [0.717, 1.165) is 82.6 Å². The van der Waals surface area contributed by atoms with Crippen LogP contribution in [0.3, 0.4) is 0 Å². The fraction of sp³-hybridized carbons (Fsp3) is 0.579. The average molecular weight is 880 g/mol. The van der Waals surface area contributed by atoms with Crippen molar-refractivity contribution in [1.29, 1.82) is 0 Å². The molecule has 0 bridgehead atoms. The van der Waals surface area contributed by atoms with Crippen molar-refractivity contribution in [2.45, 2.75) is 57.5 Å². The number of phenols is 1. The van der Waals surface area contributed by atoms with E-state index in [4.69, 9.17) is 4.74 Å². The summed E-state index contributed by atoms with van der Waals surface area (Å²) in [7, 11) is 2.75. The number of piperazine rings is 1. The Kier molecular flexibility index (Phi) is 15.0. The van der Waals surface area contributed by atoms with Gasteiger partial charge in [-0.3, -0.25) is 24.6 Å². The Morgan fingerprint density at radius 1 is 0.907 bits per heavy atom. The number of carbonyl (C=O) groups excluding carboxylic acids is 4. The molecule has 0 aromatic heterocycles. The molecule has 16 heteroatoms. The van der Waals surface area contributed by atoms with E-state index in [1.165, 1.54) is 19.7 Å². The summed E-state index contributed by atoms with van der Waals surface area (Å²) in [6, 6.07) is 12.3. The molecule has 0 unspecified atom stereocenters. The van der Waals surface area contributed by atoms with E-state index in [9.17, 15) is 29.5 Å². The Bertz CT molecular complexity index is 1600. The number of rotatable bonds is 7. The summed E-state index contributed by atoms with van der Waals surface area (Å²) < 4.78 is 5.99. The molecule has 5 amide bonds. The van der Waals surface area contributed by atoms with Gasteiger partial charge in [-0.2, -0.15) is 0 Å². The van der Waals surface area contributed by atoms with Crippen LogP contribution in [-0.4, -0.2) is 156 Å². The minimum absolute atomic E-state index is 0.0403. The number of nitrogens with one attached hydrogen (secondary N) is 1. The number of nitrogens with zero attached hydrogens (tertiary/aromatic N) is 6. The highest BCUT2D eigenvalue weighted by atomic mass is 79.9. The molecule has 0 aliphatic carbocycles. The Morgan fingerprint density at radius 2 is 1.50 bits per heavy atom. The summed E-state index contributed by atoms with van der Waals surface area (Å²) in [5, 5.41) is 22.8. The number of hydrogen-bond acceptors (Lipinski definition) is 9. The predicted molar refractivity (Wildman–Crippen MR) is 211 cm³/mol. The SMILES string of the molecule is COC(=O)N1CCC(N2CCc3ccccc3NC2=O)CC1.C[C@H](Cc1cc(Br)c(O)c(Br)c1)C(=O)N1CCC(N2CCN(CC(=O)N(C)O)CC2)CC1. The average Bonchev–Trinajstić information content (AvgIpc) is 3.35. The molecule has 4 heterocycles. The number of urea groups is 1. The fourth-order valence-corrected chi connectivity index (χ4v) is 9.03. The van der Waals surface area contributed by atoms with Crippen molar-refractivity contribution in [1.82, 2.24) is 29.6 Å². The molecule has 0 radical (unpaired) electrons. The number of fused-ring (bicyclic) bond motifs is 1. The number of carbonyl (C=O) groups is 4. The van der Waals surface area contributed by atoms with Crippen molar-refractivity contribution in [3.8, 4) is 5.75 Å². The molecule has 0 spiro atoms. The van der Waals surface area contributed by atoms with Crippen LogP contribution in [0.2, 0.25) is 0 Å². The second kappa shape index (κ2) is 19.4. The first-order chi connectivity index (χ1) is 25.8. The van der Waals surface area contributed by atoms with Crippen molar-refractivity contribution in [3.05, 3.63) is 56.5 Å². The Morgan fingerprint density at radius 3 is 2.11 bits per heavy atom. The number of methoxy groups -OCH3 is 1. The van der Waals surface area contributed by atoms with Gasteiger partial charge in [-0.25, -0.2) is 14.7 Å². The first kappa shape index (κ1) is 41.7. The van der Waals surface area contributed by atoms with E-state index in [0.29, 0.717) is 46.1 Å². The number of hydroxylamine groups is 2. The van der Waals surface area contributed by atoms with Crippen LogP contribution >= 0.6 is 31.9 Å². The van der Waals surface area contributed by atoms with Gasteiger partial charge in [-0.1, -0.05) is 25.1 Å². The monoisotopic (exact) mass is 877 g/mol. The molecule has 14 nitrogen and oxygen atoms in total. The van der Waals surface area contributed by atoms with Crippen LogP contribution < -0.4 is 5.32 Å². The second-order valence-corrected chi connectivity index (χ2v) is 16.2. The number of likely N-dealkylation sites (N-methyl/N-ethyl adjacent to an activating group) is 1. The Balaban J connectivity index is 0.000000222. The highest BCUT2D eigenvalue weighted by Gasteiger charge is 2.33. The smallest absolute Gasteiger partial charge is 0.409 e. The van der Waals surface area contributed by atoms with E-state index in [2.05, 4.69) is 53.0 Å². The quantitative estimate of drug-likeness (QED) is 0.262. The van der Waals surface area contributed by atoms with Crippen LogP contribution in [0.25, 0.3) is 0 Å². The van der Waals surface area contributed by atoms with E-state index in [1.807, 2.05) is 47.1 Å². The summed E-state index contributed by atoms with van der Waals surface area (Å²) in [4.78, 5) is 58.8. The molecule has 2 aromatic carbocycles. The van der Waals surface area contributed by atoms with Crippen LogP contribution in [-0.2, 0) is 27.2 Å². The van der Waals surface area contributed by atoms with Gasteiger partial charge in [0.05, 0.1) is 22.6 Å². The number of phenolic OH excluding ortho intramolecular Hbond substituents is 1. The maximum absolute atomic E-state index is 13.0. The lowest BCUT2D eigenvalue weighted by Crippen LogP contribution is -2.55. The lowest BCUT2D eigenvalue weighted by Gasteiger charge is -2.43. The van der Waals surface area contributed by atoms with Crippen LogP contribution in [0.15, 0.2) is 45.3 Å². The number of anilines is 1. The lowest BCUT2D eigenvalue weighted by atomic mass is 9.97. The van der Waals surface area contributed by atoms with E-state index < -0.39 is 0 Å². The zero-order valence-corrected chi connectivity index (χ0v) is 34.6. The van der Waals surface area contributed by atoms with Crippen LogP contribution in [0.5, 0.6) is 5.75 Å². The third-order valence-corrected chi connectivity index (χ3v) is 12.1. The Hall–Kier alpha value is -3.44. The van der Waals surface area contributed by atoms with Gasteiger partial charge in [-0.05, 0) is 99.7 Å². The molecule has 4 aliphatic rings. The molecule has 2 aromatic rings. The van der Waals surface area contributed by atoms with Gasteiger partial charge < -0.3 is 29.9 Å². The van der Waals surface area contributed by atoms with Crippen molar-refractivity contribution in [3.63, 3.8) is 0 Å². The third kappa shape index (κ3) is 10.9. The van der Waals surface area contributed by atoms with E-state index in [-0.39, 0.29) is 48.2 Å². The molecule has 54 heavy (non-hydrogen) atoms. The third-order valence-electron chi connectivity index (χ3n) is 10.9. The first-order valence-electron chi connectivity index (χ1n) is 18.7. The maximum atomic E-state index is 13.0. The zero-order chi connectivity index (χ0) is 38.9. The van der Waals surface area contributed by atoms with Gasteiger partial charge in [-0.15, -0.1) is 0 Å². The lowest BCUT2D eigenvalue weighted by molar-refractivity contribution is -0.161. The van der Waals surface area contributed by atoms with E-state index in [1.54, 1.807) is 4.90 Å². The molecule has 3 N–H and O–H groups in total. The minimum Gasteiger partial charge on any atom is -0.506 e.